The number of alkyl carbamates (subject to hydrolysis) is 1. The molecule has 0 radical (unpaired) electrons. The van der Waals surface area contributed by atoms with Crippen LogP contribution in [0.3, 0.4) is 0 Å². The summed E-state index contributed by atoms with van der Waals surface area (Å²) < 4.78 is 10.9. The van der Waals surface area contributed by atoms with Crippen LogP contribution < -0.4 is 20.3 Å². The van der Waals surface area contributed by atoms with Crippen molar-refractivity contribution in [1.29, 1.82) is 0 Å². The molecule has 6 heteroatoms. The van der Waals surface area contributed by atoms with Crippen LogP contribution in [0.4, 0.5) is 10.5 Å². The normalized spacial score (nSPS) is 18.2. The van der Waals surface area contributed by atoms with Crippen LogP contribution >= 0.6 is 0 Å². The summed E-state index contributed by atoms with van der Waals surface area (Å²) in [6.07, 6.45) is 2.53. The lowest BCUT2D eigenvalue weighted by atomic mass is 9.95. The van der Waals surface area contributed by atoms with Crippen molar-refractivity contribution in [2.45, 2.75) is 58.2 Å². The summed E-state index contributed by atoms with van der Waals surface area (Å²) in [4.78, 5) is 14.4. The second-order valence-corrected chi connectivity index (χ2v) is 8.08. The molecule has 2 aliphatic heterocycles. The van der Waals surface area contributed by atoms with Gasteiger partial charge in [-0.1, -0.05) is 0 Å². The molecule has 0 atom stereocenters. The Morgan fingerprint density at radius 2 is 1.96 bits per heavy atom. The Bertz CT molecular complexity index is 646. The lowest BCUT2D eigenvalue weighted by Crippen LogP contribution is -2.46. The van der Waals surface area contributed by atoms with Gasteiger partial charge in [-0.05, 0) is 64.3 Å². The van der Waals surface area contributed by atoms with Gasteiger partial charge in [-0.3, -0.25) is 0 Å². The topological polar surface area (TPSA) is 62.8 Å². The number of anilines is 1. The maximum atomic E-state index is 12.0. The van der Waals surface area contributed by atoms with E-state index in [9.17, 15) is 4.79 Å². The minimum Gasteiger partial charge on any atom is -0.496 e. The molecule has 2 heterocycles. The van der Waals surface area contributed by atoms with Gasteiger partial charge in [0.2, 0.25) is 0 Å². The fourth-order valence-electron chi connectivity index (χ4n) is 3.78. The molecular formula is C20H31N3O3. The SMILES string of the molecule is COc1ccc(N2CCC(NC(=O)OC(C)(C)C)CC2)c2c1CCNC2. The zero-order valence-electron chi connectivity index (χ0n) is 16.4. The number of amides is 1. The summed E-state index contributed by atoms with van der Waals surface area (Å²) in [7, 11) is 1.74. The molecule has 0 bridgehead atoms. The first-order chi connectivity index (χ1) is 12.4. The van der Waals surface area contributed by atoms with E-state index in [2.05, 4.69) is 27.7 Å². The quantitative estimate of drug-likeness (QED) is 0.867. The second kappa shape index (κ2) is 7.74. The predicted octanol–water partition coefficient (Wildman–Crippen LogP) is 2.83. The summed E-state index contributed by atoms with van der Waals surface area (Å²) >= 11 is 0. The number of hydrogen-bond donors (Lipinski definition) is 2. The molecular weight excluding hydrogens is 330 g/mol. The smallest absolute Gasteiger partial charge is 0.407 e. The van der Waals surface area contributed by atoms with Gasteiger partial charge in [0, 0.05) is 36.9 Å². The summed E-state index contributed by atoms with van der Waals surface area (Å²) in [5.74, 6) is 0.992. The van der Waals surface area contributed by atoms with Crippen LogP contribution in [0.15, 0.2) is 12.1 Å². The Labute approximate surface area is 156 Å². The first-order valence-electron chi connectivity index (χ1n) is 9.51. The third kappa shape index (κ3) is 4.41. The van der Waals surface area contributed by atoms with Crippen LogP contribution in [0.2, 0.25) is 0 Å². The van der Waals surface area contributed by atoms with Crippen molar-refractivity contribution in [2.24, 2.45) is 0 Å². The first kappa shape index (κ1) is 18.8. The summed E-state index contributed by atoms with van der Waals surface area (Å²) in [5.41, 5.74) is 3.52. The molecule has 0 spiro atoms. The number of rotatable bonds is 3. The third-order valence-electron chi connectivity index (χ3n) is 4.99. The number of piperidine rings is 1. The highest BCUT2D eigenvalue weighted by atomic mass is 16.6. The van der Waals surface area contributed by atoms with E-state index in [1.54, 1.807) is 7.11 Å². The second-order valence-electron chi connectivity index (χ2n) is 8.08. The van der Waals surface area contributed by atoms with Crippen molar-refractivity contribution >= 4 is 11.8 Å². The summed E-state index contributed by atoms with van der Waals surface area (Å²) in [5, 5.41) is 6.48. The lowest BCUT2D eigenvalue weighted by Gasteiger charge is -2.36. The molecule has 2 aliphatic rings. The molecule has 26 heavy (non-hydrogen) atoms. The molecule has 2 N–H and O–H groups in total. The Balaban J connectivity index is 1.63. The van der Waals surface area contributed by atoms with Crippen LogP contribution in [0.1, 0.15) is 44.7 Å². The number of methoxy groups -OCH3 is 1. The van der Waals surface area contributed by atoms with Crippen LogP contribution in [0.5, 0.6) is 5.75 Å². The minimum absolute atomic E-state index is 0.174. The van der Waals surface area contributed by atoms with E-state index in [0.29, 0.717) is 0 Å². The molecule has 0 unspecified atom stereocenters. The molecule has 0 aromatic heterocycles. The van der Waals surface area contributed by atoms with E-state index in [-0.39, 0.29) is 12.1 Å². The molecule has 1 fully saturated rings. The number of nitrogens with zero attached hydrogens (tertiary/aromatic N) is 1. The van der Waals surface area contributed by atoms with Crippen LogP contribution in [-0.4, -0.2) is 44.5 Å². The van der Waals surface area contributed by atoms with Gasteiger partial charge in [0.1, 0.15) is 11.4 Å². The van der Waals surface area contributed by atoms with Gasteiger partial charge in [-0.25, -0.2) is 4.79 Å². The van der Waals surface area contributed by atoms with Gasteiger partial charge in [-0.15, -0.1) is 0 Å². The number of carbonyl (C=O) groups is 1. The van der Waals surface area contributed by atoms with Crippen molar-refractivity contribution in [3.8, 4) is 5.75 Å². The Morgan fingerprint density at radius 3 is 2.62 bits per heavy atom. The predicted molar refractivity (Wildman–Crippen MR) is 103 cm³/mol. The van der Waals surface area contributed by atoms with Crippen molar-refractivity contribution in [3.05, 3.63) is 23.3 Å². The highest BCUT2D eigenvalue weighted by molar-refractivity contribution is 5.68. The fourth-order valence-corrected chi connectivity index (χ4v) is 3.78. The minimum atomic E-state index is -0.458. The monoisotopic (exact) mass is 361 g/mol. The Morgan fingerprint density at radius 1 is 1.23 bits per heavy atom. The molecule has 1 amide bonds. The summed E-state index contributed by atoms with van der Waals surface area (Å²) in [6.45, 7) is 9.40. The van der Waals surface area contributed by atoms with E-state index < -0.39 is 5.60 Å². The van der Waals surface area contributed by atoms with Gasteiger partial charge in [0.05, 0.1) is 7.11 Å². The lowest BCUT2D eigenvalue weighted by molar-refractivity contribution is 0.0497. The molecule has 1 saturated heterocycles. The molecule has 1 aromatic carbocycles. The van der Waals surface area contributed by atoms with Crippen molar-refractivity contribution < 1.29 is 14.3 Å². The van der Waals surface area contributed by atoms with E-state index in [1.807, 2.05) is 20.8 Å². The largest absolute Gasteiger partial charge is 0.496 e. The van der Waals surface area contributed by atoms with Gasteiger partial charge >= 0.3 is 6.09 Å². The van der Waals surface area contributed by atoms with E-state index in [1.165, 1.54) is 16.8 Å². The van der Waals surface area contributed by atoms with E-state index in [4.69, 9.17) is 9.47 Å². The third-order valence-corrected chi connectivity index (χ3v) is 4.99. The first-order valence-corrected chi connectivity index (χ1v) is 9.51. The van der Waals surface area contributed by atoms with Crippen molar-refractivity contribution in [1.82, 2.24) is 10.6 Å². The maximum absolute atomic E-state index is 12.0. The highest BCUT2D eigenvalue weighted by Gasteiger charge is 2.26. The number of fused-ring (bicyclic) bond motifs is 1. The number of ether oxygens (including phenoxy) is 2. The number of benzene rings is 1. The zero-order chi connectivity index (χ0) is 18.7. The molecule has 0 aliphatic carbocycles. The van der Waals surface area contributed by atoms with Crippen LogP contribution in [0, 0.1) is 0 Å². The Hall–Kier alpha value is -1.95. The van der Waals surface area contributed by atoms with Crippen LogP contribution in [-0.2, 0) is 17.7 Å². The number of hydrogen-bond acceptors (Lipinski definition) is 5. The average molecular weight is 361 g/mol. The highest BCUT2D eigenvalue weighted by Crippen LogP contribution is 2.34. The average Bonchev–Trinajstić information content (AvgIpc) is 2.60. The maximum Gasteiger partial charge on any atom is 0.407 e. The number of carbonyl (C=O) groups excluding carboxylic acids is 1. The van der Waals surface area contributed by atoms with Crippen molar-refractivity contribution in [2.75, 3.05) is 31.6 Å². The molecule has 1 aromatic rings. The van der Waals surface area contributed by atoms with Crippen LogP contribution in [0.25, 0.3) is 0 Å². The standard InChI is InChI=1S/C20H31N3O3/c1-20(2,3)26-19(24)22-14-8-11-23(12-9-14)17-5-6-18(25-4)15-7-10-21-13-16(15)17/h5-6,14,21H,7-13H2,1-4H3,(H,22,24). The zero-order valence-corrected chi connectivity index (χ0v) is 16.4. The molecule has 0 saturated carbocycles. The van der Waals surface area contributed by atoms with Gasteiger partial charge < -0.3 is 25.0 Å². The Kier molecular flexibility index (Phi) is 5.61. The van der Waals surface area contributed by atoms with Crippen molar-refractivity contribution in [3.63, 3.8) is 0 Å². The van der Waals surface area contributed by atoms with E-state index >= 15 is 0 Å². The summed E-state index contributed by atoms with van der Waals surface area (Å²) in [6, 6.07) is 4.44. The van der Waals surface area contributed by atoms with Gasteiger partial charge in [-0.2, -0.15) is 0 Å². The van der Waals surface area contributed by atoms with E-state index in [0.717, 1.165) is 51.2 Å². The molecule has 3 rings (SSSR count). The number of nitrogens with one attached hydrogen (secondary N) is 2. The van der Waals surface area contributed by atoms with Gasteiger partial charge in [0.25, 0.3) is 0 Å². The fraction of sp³-hybridized carbons (Fsp3) is 0.650. The molecule has 6 nitrogen and oxygen atoms in total. The van der Waals surface area contributed by atoms with Gasteiger partial charge in [0.15, 0.2) is 0 Å². The molecule has 144 valence electrons.